The summed E-state index contributed by atoms with van der Waals surface area (Å²) in [5.41, 5.74) is 0.970. The standard InChI is InChI=1S/C22H19N3O5/c1-30-20-12-16(25(28)29)9-10-19(20)24-13-15(11-21(24)26)22(27)23-18-8-4-6-14-5-2-3-7-17(14)18/h2-10,12,15H,11,13H2,1H3,(H,23,27)/t15-/m1/s1. The minimum absolute atomic E-state index is 0.0523. The largest absolute Gasteiger partial charge is 0.494 e. The molecule has 1 heterocycles. The number of nitrogens with one attached hydrogen (secondary N) is 1. The number of fused-ring (bicyclic) bond motifs is 1. The molecule has 1 fully saturated rings. The average Bonchev–Trinajstić information content (AvgIpc) is 3.15. The van der Waals surface area contributed by atoms with Gasteiger partial charge in [0.1, 0.15) is 5.75 Å². The predicted molar refractivity (Wildman–Crippen MR) is 113 cm³/mol. The van der Waals surface area contributed by atoms with Gasteiger partial charge in [-0.15, -0.1) is 0 Å². The van der Waals surface area contributed by atoms with E-state index in [1.807, 2.05) is 42.5 Å². The summed E-state index contributed by atoms with van der Waals surface area (Å²) in [6.45, 7) is 0.170. The summed E-state index contributed by atoms with van der Waals surface area (Å²) in [5, 5.41) is 15.9. The van der Waals surface area contributed by atoms with E-state index >= 15 is 0 Å². The lowest BCUT2D eigenvalue weighted by Crippen LogP contribution is -2.28. The molecule has 0 aliphatic carbocycles. The van der Waals surface area contributed by atoms with Gasteiger partial charge in [0.25, 0.3) is 5.69 Å². The minimum Gasteiger partial charge on any atom is -0.494 e. The van der Waals surface area contributed by atoms with Gasteiger partial charge in [-0.2, -0.15) is 0 Å². The van der Waals surface area contributed by atoms with Crippen LogP contribution in [-0.2, 0) is 9.59 Å². The summed E-state index contributed by atoms with van der Waals surface area (Å²) < 4.78 is 5.24. The maximum atomic E-state index is 12.9. The maximum Gasteiger partial charge on any atom is 0.273 e. The number of rotatable bonds is 5. The van der Waals surface area contributed by atoms with Gasteiger partial charge < -0.3 is 15.0 Å². The van der Waals surface area contributed by atoms with E-state index < -0.39 is 10.8 Å². The molecule has 8 heteroatoms. The summed E-state index contributed by atoms with van der Waals surface area (Å²) in [4.78, 5) is 37.4. The number of hydrogen-bond donors (Lipinski definition) is 1. The number of non-ortho nitro benzene ring substituents is 1. The Kier molecular flexibility index (Phi) is 5.05. The highest BCUT2D eigenvalue weighted by Crippen LogP contribution is 2.36. The van der Waals surface area contributed by atoms with Crippen LogP contribution in [0.4, 0.5) is 17.1 Å². The lowest BCUT2D eigenvalue weighted by Gasteiger charge is -2.19. The highest BCUT2D eigenvalue weighted by Gasteiger charge is 2.36. The third-order valence-electron chi connectivity index (χ3n) is 5.21. The zero-order valence-corrected chi connectivity index (χ0v) is 16.2. The Labute approximate surface area is 172 Å². The molecule has 152 valence electrons. The molecule has 0 aromatic heterocycles. The molecule has 0 radical (unpaired) electrons. The number of ether oxygens (including phenoxy) is 1. The van der Waals surface area contributed by atoms with Crippen LogP contribution in [-0.4, -0.2) is 30.4 Å². The molecule has 30 heavy (non-hydrogen) atoms. The Morgan fingerprint density at radius 3 is 2.70 bits per heavy atom. The van der Waals surface area contributed by atoms with E-state index in [1.165, 1.54) is 30.2 Å². The molecule has 3 aromatic rings. The number of hydrogen-bond acceptors (Lipinski definition) is 5. The lowest BCUT2D eigenvalue weighted by atomic mass is 10.1. The molecule has 4 rings (SSSR count). The number of nitrogens with zero attached hydrogens (tertiary/aromatic N) is 2. The first kappa shape index (κ1) is 19.4. The second-order valence-corrected chi connectivity index (χ2v) is 7.03. The number of nitro groups is 1. The molecule has 1 aliphatic heterocycles. The zero-order valence-electron chi connectivity index (χ0n) is 16.2. The van der Waals surface area contributed by atoms with Crippen molar-refractivity contribution < 1.29 is 19.2 Å². The second-order valence-electron chi connectivity index (χ2n) is 7.03. The number of benzene rings is 3. The first-order valence-electron chi connectivity index (χ1n) is 9.39. The van der Waals surface area contributed by atoms with Gasteiger partial charge in [0, 0.05) is 30.1 Å². The van der Waals surface area contributed by atoms with E-state index in [0.29, 0.717) is 11.4 Å². The summed E-state index contributed by atoms with van der Waals surface area (Å²) in [7, 11) is 1.38. The van der Waals surface area contributed by atoms with E-state index in [0.717, 1.165) is 10.8 Å². The van der Waals surface area contributed by atoms with Gasteiger partial charge in [0.2, 0.25) is 11.8 Å². The Morgan fingerprint density at radius 2 is 1.93 bits per heavy atom. The van der Waals surface area contributed by atoms with E-state index in [-0.39, 0.29) is 36.2 Å². The van der Waals surface area contributed by atoms with Crippen LogP contribution < -0.4 is 15.0 Å². The Balaban J connectivity index is 1.55. The van der Waals surface area contributed by atoms with Gasteiger partial charge in [-0.3, -0.25) is 19.7 Å². The summed E-state index contributed by atoms with van der Waals surface area (Å²) in [6.07, 6.45) is 0.0523. The first-order chi connectivity index (χ1) is 14.5. The van der Waals surface area contributed by atoms with Crippen LogP contribution >= 0.6 is 0 Å². The summed E-state index contributed by atoms with van der Waals surface area (Å²) in [6, 6.07) is 17.4. The summed E-state index contributed by atoms with van der Waals surface area (Å²) in [5.74, 6) is -0.813. The zero-order chi connectivity index (χ0) is 21.3. The predicted octanol–water partition coefficient (Wildman–Crippen LogP) is 3.75. The SMILES string of the molecule is COc1cc([N+](=O)[O-])ccc1N1C[C@H](C(=O)Nc2cccc3ccccc23)CC1=O. The molecular weight excluding hydrogens is 386 g/mol. The number of carbonyl (C=O) groups excluding carboxylic acids is 2. The molecule has 2 amide bonds. The Morgan fingerprint density at radius 1 is 1.17 bits per heavy atom. The van der Waals surface area contributed by atoms with Crippen LogP contribution in [0.3, 0.4) is 0 Å². The highest BCUT2D eigenvalue weighted by atomic mass is 16.6. The van der Waals surface area contributed by atoms with Gasteiger partial charge in [-0.05, 0) is 17.5 Å². The van der Waals surface area contributed by atoms with Crippen molar-refractivity contribution in [2.75, 3.05) is 23.9 Å². The third-order valence-corrected chi connectivity index (χ3v) is 5.21. The van der Waals surface area contributed by atoms with Crippen LogP contribution in [0.5, 0.6) is 5.75 Å². The van der Waals surface area contributed by atoms with Crippen molar-refractivity contribution in [1.29, 1.82) is 0 Å². The van der Waals surface area contributed by atoms with Crippen molar-refractivity contribution in [3.63, 3.8) is 0 Å². The van der Waals surface area contributed by atoms with Crippen molar-refractivity contribution in [2.45, 2.75) is 6.42 Å². The number of amides is 2. The van der Waals surface area contributed by atoms with Crippen molar-refractivity contribution in [1.82, 2.24) is 0 Å². The molecule has 8 nitrogen and oxygen atoms in total. The Bertz CT molecular complexity index is 1160. The molecule has 0 spiro atoms. The molecule has 3 aromatic carbocycles. The topological polar surface area (TPSA) is 102 Å². The first-order valence-corrected chi connectivity index (χ1v) is 9.39. The molecule has 0 saturated carbocycles. The molecule has 0 unspecified atom stereocenters. The quantitative estimate of drug-likeness (QED) is 0.515. The van der Waals surface area contributed by atoms with Crippen LogP contribution in [0.1, 0.15) is 6.42 Å². The maximum absolute atomic E-state index is 12.9. The van der Waals surface area contributed by atoms with Crippen LogP contribution in [0, 0.1) is 16.0 Å². The van der Waals surface area contributed by atoms with Crippen molar-refractivity contribution in [2.24, 2.45) is 5.92 Å². The van der Waals surface area contributed by atoms with Gasteiger partial charge in [-0.1, -0.05) is 36.4 Å². The molecule has 1 N–H and O–H groups in total. The minimum atomic E-state index is -0.545. The lowest BCUT2D eigenvalue weighted by molar-refractivity contribution is -0.384. The normalized spacial score (nSPS) is 16.0. The molecular formula is C22H19N3O5. The van der Waals surface area contributed by atoms with E-state index in [1.54, 1.807) is 0 Å². The van der Waals surface area contributed by atoms with Crippen molar-refractivity contribution >= 4 is 39.6 Å². The number of nitro benzene ring substituents is 1. The van der Waals surface area contributed by atoms with Crippen LogP contribution in [0.15, 0.2) is 60.7 Å². The van der Waals surface area contributed by atoms with E-state index in [4.69, 9.17) is 4.74 Å². The summed E-state index contributed by atoms with van der Waals surface area (Å²) >= 11 is 0. The molecule has 0 bridgehead atoms. The second kappa shape index (κ2) is 7.82. The van der Waals surface area contributed by atoms with Crippen LogP contribution in [0.25, 0.3) is 10.8 Å². The fourth-order valence-corrected chi connectivity index (χ4v) is 3.69. The highest BCUT2D eigenvalue weighted by molar-refractivity contribution is 6.07. The van der Waals surface area contributed by atoms with E-state index in [9.17, 15) is 19.7 Å². The monoisotopic (exact) mass is 405 g/mol. The van der Waals surface area contributed by atoms with Gasteiger partial charge in [-0.25, -0.2) is 0 Å². The van der Waals surface area contributed by atoms with E-state index in [2.05, 4.69) is 5.32 Å². The fourth-order valence-electron chi connectivity index (χ4n) is 3.69. The molecule has 1 saturated heterocycles. The van der Waals surface area contributed by atoms with Crippen LogP contribution in [0.2, 0.25) is 0 Å². The smallest absolute Gasteiger partial charge is 0.273 e. The Hall–Kier alpha value is -3.94. The third kappa shape index (κ3) is 3.55. The fraction of sp³-hybridized carbons (Fsp3) is 0.182. The van der Waals surface area contributed by atoms with Crippen molar-refractivity contribution in [3.05, 3.63) is 70.8 Å². The molecule has 1 atom stereocenters. The number of methoxy groups -OCH3 is 1. The van der Waals surface area contributed by atoms with Gasteiger partial charge in [0.15, 0.2) is 0 Å². The van der Waals surface area contributed by atoms with Gasteiger partial charge in [0.05, 0.1) is 29.7 Å². The van der Waals surface area contributed by atoms with Crippen molar-refractivity contribution in [3.8, 4) is 5.75 Å². The van der Waals surface area contributed by atoms with Gasteiger partial charge >= 0.3 is 0 Å². The molecule has 1 aliphatic rings. The average molecular weight is 405 g/mol. The number of carbonyl (C=O) groups is 2. The number of anilines is 2.